The smallest absolute Gasteiger partial charge is 0.223 e. The minimum Gasteiger partial charge on any atom is -0.491 e. The van der Waals surface area contributed by atoms with Crippen molar-refractivity contribution in [2.75, 3.05) is 6.54 Å². The summed E-state index contributed by atoms with van der Waals surface area (Å²) in [5, 5.41) is 10.3. The number of carbonyl (C=O) groups excluding carboxylic acids is 1. The zero-order valence-corrected chi connectivity index (χ0v) is 12.4. The van der Waals surface area contributed by atoms with Gasteiger partial charge in [0.15, 0.2) is 0 Å². The van der Waals surface area contributed by atoms with Crippen molar-refractivity contribution < 1.29 is 14.6 Å². The SMILES string of the molecule is CCN1C(=O)CC[C@H](O)[C@H]1c1cccc(OC(C)C)c1. The summed E-state index contributed by atoms with van der Waals surface area (Å²) in [4.78, 5) is 13.8. The second-order valence-corrected chi connectivity index (χ2v) is 5.47. The predicted molar refractivity (Wildman–Crippen MR) is 77.6 cm³/mol. The van der Waals surface area contributed by atoms with Crippen molar-refractivity contribution in [1.29, 1.82) is 0 Å². The van der Waals surface area contributed by atoms with Crippen molar-refractivity contribution >= 4 is 5.91 Å². The average molecular weight is 277 g/mol. The van der Waals surface area contributed by atoms with Crippen LogP contribution in [0.4, 0.5) is 0 Å². The van der Waals surface area contributed by atoms with Gasteiger partial charge in [0, 0.05) is 13.0 Å². The van der Waals surface area contributed by atoms with Crippen molar-refractivity contribution in [3.8, 4) is 5.75 Å². The first-order chi connectivity index (χ1) is 9.52. The fourth-order valence-corrected chi connectivity index (χ4v) is 2.75. The van der Waals surface area contributed by atoms with E-state index in [1.165, 1.54) is 0 Å². The van der Waals surface area contributed by atoms with E-state index in [0.29, 0.717) is 19.4 Å². The third-order valence-electron chi connectivity index (χ3n) is 3.59. The molecule has 1 heterocycles. The van der Waals surface area contributed by atoms with Crippen LogP contribution in [-0.2, 0) is 4.79 Å². The standard InChI is InChI=1S/C16H23NO3/c1-4-17-15(19)9-8-14(18)16(17)12-6-5-7-13(10-12)20-11(2)3/h5-7,10-11,14,16,18H,4,8-9H2,1-3H3/t14-,16+/m0/s1. The lowest BCUT2D eigenvalue weighted by molar-refractivity contribution is -0.141. The van der Waals surface area contributed by atoms with E-state index in [-0.39, 0.29) is 18.1 Å². The number of carbonyl (C=O) groups is 1. The molecule has 1 aliphatic heterocycles. The Balaban J connectivity index is 2.29. The molecule has 0 aliphatic carbocycles. The molecule has 4 heteroatoms. The monoisotopic (exact) mass is 277 g/mol. The van der Waals surface area contributed by atoms with Crippen LogP contribution in [0.15, 0.2) is 24.3 Å². The number of hydrogen-bond acceptors (Lipinski definition) is 3. The van der Waals surface area contributed by atoms with E-state index in [2.05, 4.69) is 0 Å². The summed E-state index contributed by atoms with van der Waals surface area (Å²) < 4.78 is 5.69. The minimum absolute atomic E-state index is 0.102. The first-order valence-corrected chi connectivity index (χ1v) is 7.27. The highest BCUT2D eigenvalue weighted by Gasteiger charge is 2.34. The number of hydrogen-bond donors (Lipinski definition) is 1. The lowest BCUT2D eigenvalue weighted by atomic mass is 9.92. The van der Waals surface area contributed by atoms with Crippen LogP contribution in [0.5, 0.6) is 5.75 Å². The van der Waals surface area contributed by atoms with Crippen LogP contribution in [-0.4, -0.2) is 34.7 Å². The molecule has 0 saturated carbocycles. The Morgan fingerprint density at radius 1 is 1.45 bits per heavy atom. The summed E-state index contributed by atoms with van der Waals surface area (Å²) >= 11 is 0. The number of rotatable bonds is 4. The van der Waals surface area contributed by atoms with E-state index < -0.39 is 6.10 Å². The van der Waals surface area contributed by atoms with Crippen molar-refractivity contribution in [3.63, 3.8) is 0 Å². The van der Waals surface area contributed by atoms with Gasteiger partial charge in [-0.3, -0.25) is 4.79 Å². The molecule has 2 atom stereocenters. The molecule has 1 aliphatic rings. The zero-order chi connectivity index (χ0) is 14.7. The van der Waals surface area contributed by atoms with Crippen molar-refractivity contribution in [3.05, 3.63) is 29.8 Å². The fourth-order valence-electron chi connectivity index (χ4n) is 2.75. The molecule has 0 bridgehead atoms. The molecule has 1 aromatic carbocycles. The summed E-state index contributed by atoms with van der Waals surface area (Å²) in [6.45, 7) is 6.50. The van der Waals surface area contributed by atoms with Gasteiger partial charge in [0.05, 0.1) is 18.2 Å². The van der Waals surface area contributed by atoms with Gasteiger partial charge in [-0.15, -0.1) is 0 Å². The highest BCUT2D eigenvalue weighted by atomic mass is 16.5. The second-order valence-electron chi connectivity index (χ2n) is 5.47. The first kappa shape index (κ1) is 14.9. The van der Waals surface area contributed by atoms with Crippen LogP contribution in [0.1, 0.15) is 45.2 Å². The van der Waals surface area contributed by atoms with Gasteiger partial charge >= 0.3 is 0 Å². The summed E-state index contributed by atoms with van der Waals surface area (Å²) in [5.41, 5.74) is 0.936. The van der Waals surface area contributed by atoms with Crippen LogP contribution in [0, 0.1) is 0 Å². The first-order valence-electron chi connectivity index (χ1n) is 7.27. The van der Waals surface area contributed by atoms with Gasteiger partial charge in [0.2, 0.25) is 5.91 Å². The summed E-state index contributed by atoms with van der Waals surface area (Å²) in [7, 11) is 0. The van der Waals surface area contributed by atoms with E-state index in [4.69, 9.17) is 4.74 Å². The number of piperidine rings is 1. The average Bonchev–Trinajstić information content (AvgIpc) is 2.40. The fraction of sp³-hybridized carbons (Fsp3) is 0.562. The Morgan fingerprint density at radius 2 is 2.20 bits per heavy atom. The molecule has 1 N–H and O–H groups in total. The van der Waals surface area contributed by atoms with Crippen molar-refractivity contribution in [2.24, 2.45) is 0 Å². The van der Waals surface area contributed by atoms with Crippen LogP contribution in [0.2, 0.25) is 0 Å². The summed E-state index contributed by atoms with van der Waals surface area (Å²) in [5.74, 6) is 0.886. The Morgan fingerprint density at radius 3 is 2.85 bits per heavy atom. The predicted octanol–water partition coefficient (Wildman–Crippen LogP) is 2.52. The molecule has 1 aromatic rings. The van der Waals surface area contributed by atoms with Gasteiger partial charge in [0.25, 0.3) is 0 Å². The normalized spacial score (nSPS) is 23.2. The van der Waals surface area contributed by atoms with Crippen molar-refractivity contribution in [1.82, 2.24) is 4.90 Å². The van der Waals surface area contributed by atoms with Crippen molar-refractivity contribution in [2.45, 2.75) is 51.9 Å². The summed E-state index contributed by atoms with van der Waals surface area (Å²) in [6, 6.07) is 7.41. The highest BCUT2D eigenvalue weighted by molar-refractivity contribution is 5.77. The molecule has 2 rings (SSSR count). The van der Waals surface area contributed by atoms with E-state index in [9.17, 15) is 9.90 Å². The topological polar surface area (TPSA) is 49.8 Å². The lowest BCUT2D eigenvalue weighted by Crippen LogP contribution is -2.45. The van der Waals surface area contributed by atoms with E-state index >= 15 is 0 Å². The Kier molecular flexibility index (Phi) is 4.65. The van der Waals surface area contributed by atoms with Gasteiger partial charge < -0.3 is 14.7 Å². The molecule has 1 amide bonds. The Labute approximate surface area is 120 Å². The minimum atomic E-state index is -0.512. The molecule has 0 unspecified atom stereocenters. The molecule has 4 nitrogen and oxygen atoms in total. The maximum absolute atomic E-state index is 12.0. The Hall–Kier alpha value is -1.55. The molecule has 110 valence electrons. The number of likely N-dealkylation sites (N-methyl/N-ethyl adjacent to an activating group) is 1. The highest BCUT2D eigenvalue weighted by Crippen LogP contribution is 2.33. The maximum Gasteiger partial charge on any atom is 0.223 e. The van der Waals surface area contributed by atoms with Crippen LogP contribution < -0.4 is 4.74 Å². The maximum atomic E-state index is 12.0. The molecule has 0 radical (unpaired) electrons. The van der Waals surface area contributed by atoms with Gasteiger partial charge in [-0.1, -0.05) is 12.1 Å². The number of amides is 1. The number of nitrogens with zero attached hydrogens (tertiary/aromatic N) is 1. The van der Waals surface area contributed by atoms with Gasteiger partial charge in [0.1, 0.15) is 5.75 Å². The molecule has 20 heavy (non-hydrogen) atoms. The molecule has 1 fully saturated rings. The Bertz CT molecular complexity index is 473. The van der Waals surface area contributed by atoms with Gasteiger partial charge in [-0.2, -0.15) is 0 Å². The van der Waals surface area contributed by atoms with E-state index in [1.807, 2.05) is 45.0 Å². The lowest BCUT2D eigenvalue weighted by Gasteiger charge is -2.38. The van der Waals surface area contributed by atoms with Crippen LogP contribution >= 0.6 is 0 Å². The number of benzene rings is 1. The van der Waals surface area contributed by atoms with Gasteiger partial charge in [-0.25, -0.2) is 0 Å². The largest absolute Gasteiger partial charge is 0.491 e. The third kappa shape index (κ3) is 3.12. The molecular weight excluding hydrogens is 254 g/mol. The van der Waals surface area contributed by atoms with Crippen LogP contribution in [0.3, 0.4) is 0 Å². The molecule has 1 saturated heterocycles. The third-order valence-corrected chi connectivity index (χ3v) is 3.59. The van der Waals surface area contributed by atoms with Gasteiger partial charge in [-0.05, 0) is 44.9 Å². The number of likely N-dealkylation sites (tertiary alicyclic amines) is 1. The van der Waals surface area contributed by atoms with E-state index in [1.54, 1.807) is 4.90 Å². The molecule has 0 aromatic heterocycles. The quantitative estimate of drug-likeness (QED) is 0.920. The van der Waals surface area contributed by atoms with E-state index in [0.717, 1.165) is 11.3 Å². The number of aliphatic hydroxyl groups excluding tert-OH is 1. The number of aliphatic hydroxyl groups is 1. The number of ether oxygens (including phenoxy) is 1. The second kappa shape index (κ2) is 6.27. The zero-order valence-electron chi connectivity index (χ0n) is 12.4. The van der Waals surface area contributed by atoms with Crippen LogP contribution in [0.25, 0.3) is 0 Å². The summed E-state index contributed by atoms with van der Waals surface area (Å²) in [6.07, 6.45) is 0.538. The molecule has 0 spiro atoms. The molecular formula is C16H23NO3.